The van der Waals surface area contributed by atoms with Crippen LogP contribution in [0, 0.1) is 0 Å². The first-order chi connectivity index (χ1) is 10.3. The molecule has 112 valence electrons. The summed E-state index contributed by atoms with van der Waals surface area (Å²) in [5.74, 6) is 0. The van der Waals surface area contributed by atoms with Gasteiger partial charge in [-0.3, -0.25) is 0 Å². The zero-order valence-electron chi connectivity index (χ0n) is 11.6. The first-order valence-corrected chi connectivity index (χ1v) is 14.3. The number of hydrogen-bond acceptors (Lipinski definition) is 4. The Morgan fingerprint density at radius 3 is 1.76 bits per heavy atom. The Hall–Kier alpha value is -0.382. The average molecular weight is 382 g/mol. The molecular formula is C16H19AsO2S2. The minimum absolute atomic E-state index is 0.145. The Bertz CT molecular complexity index is 469. The molecule has 0 spiro atoms. The van der Waals surface area contributed by atoms with E-state index in [1.165, 1.54) is 9.79 Å². The first-order valence-electron chi connectivity index (χ1n) is 6.80. The van der Waals surface area contributed by atoms with Gasteiger partial charge in [-0.05, 0) is 0 Å². The van der Waals surface area contributed by atoms with Gasteiger partial charge in [0.15, 0.2) is 0 Å². The number of aliphatic hydroxyl groups is 2. The molecule has 0 heterocycles. The second kappa shape index (κ2) is 9.60. The molecule has 2 aromatic carbocycles. The number of rotatable bonds is 8. The normalized spacial score (nSPS) is 12.5. The van der Waals surface area contributed by atoms with E-state index < -0.39 is 18.4 Å². The van der Waals surface area contributed by atoms with Gasteiger partial charge in [-0.2, -0.15) is 0 Å². The fraction of sp³-hybridized carbons (Fsp3) is 0.250. The minimum atomic E-state index is -1.27. The van der Waals surface area contributed by atoms with Gasteiger partial charge in [-0.15, -0.1) is 0 Å². The van der Waals surface area contributed by atoms with Crippen LogP contribution in [0.1, 0.15) is 6.42 Å². The Morgan fingerprint density at radius 1 is 0.857 bits per heavy atom. The molecule has 0 aliphatic carbocycles. The van der Waals surface area contributed by atoms with Gasteiger partial charge >= 0.3 is 137 Å². The van der Waals surface area contributed by atoms with Crippen molar-refractivity contribution in [1.29, 1.82) is 0 Å². The number of benzene rings is 2. The predicted molar refractivity (Wildman–Crippen MR) is 92.9 cm³/mol. The van der Waals surface area contributed by atoms with Crippen molar-refractivity contribution in [2.24, 2.45) is 0 Å². The molecular weight excluding hydrogens is 363 g/mol. The van der Waals surface area contributed by atoms with Crippen LogP contribution in [-0.2, 0) is 0 Å². The quantitative estimate of drug-likeness (QED) is 0.682. The van der Waals surface area contributed by atoms with Gasteiger partial charge < -0.3 is 0 Å². The number of aliphatic hydroxyl groups excluding tert-OH is 2. The summed E-state index contributed by atoms with van der Waals surface area (Å²) >= 11 is -1.27. The summed E-state index contributed by atoms with van der Waals surface area (Å²) < 4.78 is 0. The topological polar surface area (TPSA) is 40.5 Å². The van der Waals surface area contributed by atoms with Crippen LogP contribution in [0.2, 0.25) is 5.21 Å². The van der Waals surface area contributed by atoms with Gasteiger partial charge in [0.1, 0.15) is 0 Å². The third-order valence-electron chi connectivity index (χ3n) is 2.76. The van der Waals surface area contributed by atoms with E-state index >= 15 is 0 Å². The molecule has 0 saturated carbocycles. The summed E-state index contributed by atoms with van der Waals surface area (Å²) in [5.41, 5.74) is 0. The van der Waals surface area contributed by atoms with Crippen LogP contribution in [0.4, 0.5) is 0 Å². The summed E-state index contributed by atoms with van der Waals surface area (Å²) in [4.78, 5) is 2.58. The molecule has 0 fully saturated rings. The molecule has 0 aromatic heterocycles. The average Bonchev–Trinajstić information content (AvgIpc) is 2.54. The predicted octanol–water partition coefficient (Wildman–Crippen LogP) is 3.80. The summed E-state index contributed by atoms with van der Waals surface area (Å²) in [7, 11) is 3.90. The monoisotopic (exact) mass is 382 g/mol. The van der Waals surface area contributed by atoms with Gasteiger partial charge in [0.25, 0.3) is 0 Å². The first kappa shape index (κ1) is 17.0. The Labute approximate surface area is 137 Å². The van der Waals surface area contributed by atoms with Gasteiger partial charge in [-0.25, -0.2) is 0 Å². The molecule has 2 aromatic rings. The molecule has 0 aliphatic heterocycles. The SMILES string of the molecule is OC[C@@H](O)CC[As](Sc1ccccc1)Sc1ccccc1. The Balaban J connectivity index is 1.99. The van der Waals surface area contributed by atoms with E-state index in [1.807, 2.05) is 32.2 Å². The second-order valence-corrected chi connectivity index (χ2v) is 16.2. The van der Waals surface area contributed by atoms with Crippen molar-refractivity contribution in [3.63, 3.8) is 0 Å². The standard InChI is InChI=1S/C16H19AsO2S2/c18-13-14(19)11-12-17(20-15-7-3-1-4-8-15)21-16-9-5-2-6-10-16/h1-10,14,18-19H,11-13H2/t14-/m0/s1. The van der Waals surface area contributed by atoms with Crippen molar-refractivity contribution in [2.75, 3.05) is 6.61 Å². The molecule has 0 unspecified atom stereocenters. The third kappa shape index (κ3) is 6.50. The molecule has 0 radical (unpaired) electrons. The van der Waals surface area contributed by atoms with Gasteiger partial charge in [0.2, 0.25) is 0 Å². The van der Waals surface area contributed by atoms with E-state index in [2.05, 4.69) is 48.5 Å². The van der Waals surface area contributed by atoms with E-state index in [-0.39, 0.29) is 6.61 Å². The molecule has 0 aliphatic rings. The van der Waals surface area contributed by atoms with Crippen LogP contribution in [-0.4, -0.2) is 35.3 Å². The fourth-order valence-electron chi connectivity index (χ4n) is 1.65. The van der Waals surface area contributed by atoms with E-state index in [1.54, 1.807) is 0 Å². The zero-order chi connectivity index (χ0) is 14.9. The van der Waals surface area contributed by atoms with Crippen LogP contribution in [0.3, 0.4) is 0 Å². The maximum atomic E-state index is 9.59. The summed E-state index contributed by atoms with van der Waals surface area (Å²) in [5, 5.41) is 19.6. The maximum absolute atomic E-state index is 9.59. The van der Waals surface area contributed by atoms with Crippen molar-refractivity contribution in [1.82, 2.24) is 0 Å². The van der Waals surface area contributed by atoms with Crippen LogP contribution in [0.5, 0.6) is 0 Å². The summed E-state index contributed by atoms with van der Waals surface area (Å²) in [6.45, 7) is -0.145. The second-order valence-electron chi connectivity index (χ2n) is 4.49. The van der Waals surface area contributed by atoms with E-state index in [0.29, 0.717) is 6.42 Å². The Kier molecular flexibility index (Phi) is 7.76. The summed E-state index contributed by atoms with van der Waals surface area (Å²) in [6.07, 6.45) is 0.0884. The molecule has 2 rings (SSSR count). The van der Waals surface area contributed by atoms with E-state index in [4.69, 9.17) is 5.11 Å². The summed E-state index contributed by atoms with van der Waals surface area (Å²) in [6, 6.07) is 20.9. The van der Waals surface area contributed by atoms with Crippen LogP contribution >= 0.6 is 20.0 Å². The molecule has 21 heavy (non-hydrogen) atoms. The van der Waals surface area contributed by atoms with E-state index in [9.17, 15) is 5.11 Å². The van der Waals surface area contributed by atoms with E-state index in [0.717, 1.165) is 5.21 Å². The van der Waals surface area contributed by atoms with Crippen molar-refractivity contribution in [3.8, 4) is 0 Å². The number of hydrogen-bond donors (Lipinski definition) is 2. The molecule has 2 nitrogen and oxygen atoms in total. The van der Waals surface area contributed by atoms with Crippen molar-refractivity contribution in [3.05, 3.63) is 60.7 Å². The molecule has 0 saturated heterocycles. The van der Waals surface area contributed by atoms with Crippen molar-refractivity contribution >= 4 is 32.4 Å². The van der Waals surface area contributed by atoms with Crippen molar-refractivity contribution in [2.45, 2.75) is 27.5 Å². The van der Waals surface area contributed by atoms with Crippen LogP contribution in [0.15, 0.2) is 70.5 Å². The molecule has 1 atom stereocenters. The molecule has 5 heteroatoms. The fourth-order valence-corrected chi connectivity index (χ4v) is 14.2. The van der Waals surface area contributed by atoms with Crippen LogP contribution in [0.25, 0.3) is 0 Å². The van der Waals surface area contributed by atoms with Gasteiger partial charge in [0, 0.05) is 0 Å². The zero-order valence-corrected chi connectivity index (χ0v) is 15.1. The third-order valence-corrected chi connectivity index (χ3v) is 14.9. The van der Waals surface area contributed by atoms with Crippen LogP contribution < -0.4 is 0 Å². The molecule has 0 amide bonds. The Morgan fingerprint density at radius 2 is 1.33 bits per heavy atom. The van der Waals surface area contributed by atoms with Gasteiger partial charge in [0.05, 0.1) is 0 Å². The van der Waals surface area contributed by atoms with Crippen molar-refractivity contribution < 1.29 is 10.2 Å². The van der Waals surface area contributed by atoms with Gasteiger partial charge in [-0.1, -0.05) is 0 Å². The molecule has 0 bridgehead atoms. The molecule has 2 N–H and O–H groups in total.